The summed E-state index contributed by atoms with van der Waals surface area (Å²) in [6.07, 6.45) is 2.82. The summed E-state index contributed by atoms with van der Waals surface area (Å²) in [5.74, 6) is 0.361. The Balaban J connectivity index is 1.36. The molecule has 0 radical (unpaired) electrons. The van der Waals surface area contributed by atoms with Crippen LogP contribution in [0.4, 0.5) is 0 Å². The highest BCUT2D eigenvalue weighted by molar-refractivity contribution is 6.60. The van der Waals surface area contributed by atoms with Crippen LogP contribution in [0.3, 0.4) is 0 Å². The van der Waals surface area contributed by atoms with Gasteiger partial charge in [-0.15, -0.1) is 11.6 Å². The lowest BCUT2D eigenvalue weighted by molar-refractivity contribution is -0.199. The minimum atomic E-state index is -1.00. The van der Waals surface area contributed by atoms with Crippen molar-refractivity contribution in [3.8, 4) is 5.75 Å². The number of alkyl halides is 1. The zero-order chi connectivity index (χ0) is 20.8. The highest BCUT2D eigenvalue weighted by Gasteiger charge is 2.68. The van der Waals surface area contributed by atoms with Crippen molar-refractivity contribution in [1.82, 2.24) is 0 Å². The number of esters is 1. The minimum Gasteiger partial charge on any atom is -0.452 e. The predicted octanol–water partition coefficient (Wildman–Crippen LogP) is 4.39. The second-order valence-electron chi connectivity index (χ2n) is 10.2. The van der Waals surface area contributed by atoms with Crippen LogP contribution in [0.25, 0.3) is 0 Å². The van der Waals surface area contributed by atoms with E-state index in [1.165, 1.54) is 6.42 Å². The standard InChI is InChI=1S/C22H28BClO5/c1-20(2)13-10-15(20)22(5)16(11-13)28-23(29-22)17(24)9-12-7-6-8-14-18(12)26-21(3,4)27-19(14)25/h6-8,13,15-17H,9-11H2,1-5H3/t13?,15-,16+,17+,22-/m0/s1. The molecule has 0 amide bonds. The number of para-hydroxylation sites is 1. The highest BCUT2D eigenvalue weighted by atomic mass is 35.5. The van der Waals surface area contributed by atoms with E-state index in [2.05, 4.69) is 20.8 Å². The molecular weight excluding hydrogens is 391 g/mol. The molecule has 1 aromatic rings. The van der Waals surface area contributed by atoms with Gasteiger partial charge in [-0.25, -0.2) is 4.79 Å². The van der Waals surface area contributed by atoms with Crippen molar-refractivity contribution >= 4 is 24.7 Å². The number of ether oxygens (including phenoxy) is 2. The molecule has 2 aliphatic heterocycles. The van der Waals surface area contributed by atoms with E-state index in [0.29, 0.717) is 35.0 Å². The van der Waals surface area contributed by atoms with E-state index < -0.39 is 12.9 Å². The molecule has 29 heavy (non-hydrogen) atoms. The van der Waals surface area contributed by atoms with Gasteiger partial charge in [0.1, 0.15) is 11.3 Å². The van der Waals surface area contributed by atoms with Crippen LogP contribution in [0.1, 0.15) is 63.4 Å². The highest BCUT2D eigenvalue weighted by Crippen LogP contribution is 2.65. The normalized spacial score (nSPS) is 37.0. The van der Waals surface area contributed by atoms with E-state index in [1.807, 2.05) is 12.1 Å². The third-order valence-electron chi connectivity index (χ3n) is 7.68. The molecule has 5 nitrogen and oxygen atoms in total. The fourth-order valence-electron chi connectivity index (χ4n) is 5.93. The van der Waals surface area contributed by atoms with Gasteiger partial charge in [0.05, 0.1) is 17.0 Å². The van der Waals surface area contributed by atoms with Crippen molar-refractivity contribution in [2.75, 3.05) is 0 Å². The molecule has 3 saturated carbocycles. The molecule has 5 atom stereocenters. The van der Waals surface area contributed by atoms with Crippen LogP contribution in [0.2, 0.25) is 0 Å². The Labute approximate surface area is 177 Å². The molecule has 4 fully saturated rings. The summed E-state index contributed by atoms with van der Waals surface area (Å²) in [6.45, 7) is 10.3. The summed E-state index contributed by atoms with van der Waals surface area (Å²) in [5.41, 5.74) is 1.31. The van der Waals surface area contributed by atoms with Gasteiger partial charge < -0.3 is 18.8 Å². The number of carbonyl (C=O) groups excluding carboxylic acids is 1. The summed E-state index contributed by atoms with van der Waals surface area (Å²) in [4.78, 5) is 12.3. The van der Waals surface area contributed by atoms with Crippen molar-refractivity contribution < 1.29 is 23.6 Å². The van der Waals surface area contributed by atoms with Crippen LogP contribution in [-0.4, -0.2) is 35.9 Å². The molecule has 3 aliphatic carbocycles. The van der Waals surface area contributed by atoms with E-state index in [1.54, 1.807) is 19.9 Å². The zero-order valence-corrected chi connectivity index (χ0v) is 18.4. The average molecular weight is 419 g/mol. The second-order valence-corrected chi connectivity index (χ2v) is 10.8. The monoisotopic (exact) mass is 418 g/mol. The number of cyclic esters (lactones) is 1. The molecule has 1 saturated heterocycles. The van der Waals surface area contributed by atoms with E-state index in [-0.39, 0.29) is 23.0 Å². The summed E-state index contributed by atoms with van der Waals surface area (Å²) in [5, 5.41) is -0.381. The molecule has 2 bridgehead atoms. The first-order valence-corrected chi connectivity index (χ1v) is 11.0. The summed E-state index contributed by atoms with van der Waals surface area (Å²) in [7, 11) is -0.471. The van der Waals surface area contributed by atoms with Gasteiger partial charge in [-0.1, -0.05) is 26.0 Å². The molecule has 156 valence electrons. The first-order valence-electron chi connectivity index (χ1n) is 10.5. The minimum absolute atomic E-state index is 0.0976. The van der Waals surface area contributed by atoms with Gasteiger partial charge in [-0.3, -0.25) is 0 Å². The second kappa shape index (κ2) is 6.15. The molecule has 1 aromatic carbocycles. The van der Waals surface area contributed by atoms with Crippen LogP contribution in [0.5, 0.6) is 5.75 Å². The van der Waals surface area contributed by atoms with Crippen molar-refractivity contribution in [3.05, 3.63) is 29.3 Å². The Morgan fingerprint density at radius 1 is 1.17 bits per heavy atom. The van der Waals surface area contributed by atoms with Crippen molar-refractivity contribution in [2.45, 2.75) is 76.6 Å². The van der Waals surface area contributed by atoms with Crippen LogP contribution in [0.15, 0.2) is 18.2 Å². The van der Waals surface area contributed by atoms with Gasteiger partial charge in [0.2, 0.25) is 5.79 Å². The number of fused-ring (bicyclic) bond motifs is 1. The fourth-order valence-corrected chi connectivity index (χ4v) is 6.21. The van der Waals surface area contributed by atoms with Gasteiger partial charge in [-0.05, 0) is 55.1 Å². The Morgan fingerprint density at radius 3 is 2.66 bits per heavy atom. The molecule has 1 unspecified atom stereocenters. The van der Waals surface area contributed by atoms with Crippen LogP contribution in [-0.2, 0) is 20.5 Å². The summed E-state index contributed by atoms with van der Waals surface area (Å²) < 4.78 is 24.1. The Bertz CT molecular complexity index is 871. The van der Waals surface area contributed by atoms with Gasteiger partial charge >= 0.3 is 13.1 Å². The maximum absolute atomic E-state index is 12.3. The lowest BCUT2D eigenvalue weighted by atomic mass is 9.43. The lowest BCUT2D eigenvalue weighted by Crippen LogP contribution is -2.65. The van der Waals surface area contributed by atoms with Gasteiger partial charge in [0, 0.05) is 13.8 Å². The van der Waals surface area contributed by atoms with Gasteiger partial charge in [-0.2, -0.15) is 0 Å². The van der Waals surface area contributed by atoms with Crippen LogP contribution >= 0.6 is 11.6 Å². The number of carbonyl (C=O) groups is 1. The molecule has 7 heteroatoms. The smallest absolute Gasteiger partial charge is 0.452 e. The number of halogens is 1. The molecule has 0 spiro atoms. The predicted molar refractivity (Wildman–Crippen MR) is 110 cm³/mol. The van der Waals surface area contributed by atoms with E-state index >= 15 is 0 Å². The SMILES string of the molecule is CC1(C)OC(=O)c2cccc(C[C@@H](Cl)B3O[C@@H]4CC5C[C@@H](C5(C)C)[C@]4(C)O3)c2O1. The molecule has 2 heterocycles. The maximum atomic E-state index is 12.3. The lowest BCUT2D eigenvalue weighted by Gasteiger charge is -2.64. The molecular formula is C22H28BClO5. The van der Waals surface area contributed by atoms with Crippen LogP contribution < -0.4 is 4.74 Å². The molecule has 5 aliphatic rings. The third-order valence-corrected chi connectivity index (χ3v) is 8.04. The first-order chi connectivity index (χ1) is 13.5. The Hall–Kier alpha value is -1.24. The Morgan fingerprint density at radius 2 is 1.93 bits per heavy atom. The quantitative estimate of drug-likeness (QED) is 0.414. The van der Waals surface area contributed by atoms with E-state index in [4.69, 9.17) is 30.4 Å². The van der Waals surface area contributed by atoms with E-state index in [0.717, 1.165) is 12.0 Å². The maximum Gasteiger partial charge on any atom is 0.477 e. The Kier molecular flexibility index (Phi) is 4.18. The van der Waals surface area contributed by atoms with Crippen molar-refractivity contribution in [1.29, 1.82) is 0 Å². The third kappa shape index (κ3) is 2.86. The molecule has 6 rings (SSSR count). The first kappa shape index (κ1) is 19.7. The average Bonchev–Trinajstić information content (AvgIpc) is 2.98. The van der Waals surface area contributed by atoms with Gasteiger partial charge in [0.25, 0.3) is 0 Å². The largest absolute Gasteiger partial charge is 0.477 e. The van der Waals surface area contributed by atoms with Gasteiger partial charge in [0.15, 0.2) is 0 Å². The van der Waals surface area contributed by atoms with Crippen molar-refractivity contribution in [3.63, 3.8) is 0 Å². The number of hydrogen-bond acceptors (Lipinski definition) is 5. The van der Waals surface area contributed by atoms with Crippen LogP contribution in [0, 0.1) is 17.3 Å². The topological polar surface area (TPSA) is 54.0 Å². The summed E-state index contributed by atoms with van der Waals surface area (Å²) >= 11 is 6.81. The summed E-state index contributed by atoms with van der Waals surface area (Å²) in [6, 6.07) is 5.48. The zero-order valence-electron chi connectivity index (χ0n) is 17.7. The number of hydrogen-bond donors (Lipinski definition) is 0. The van der Waals surface area contributed by atoms with E-state index in [9.17, 15) is 4.79 Å². The number of rotatable bonds is 3. The molecule has 0 N–H and O–H groups in total. The number of benzene rings is 1. The van der Waals surface area contributed by atoms with Crippen molar-refractivity contribution in [2.24, 2.45) is 17.3 Å². The molecule has 0 aromatic heterocycles. The fraction of sp³-hybridized carbons (Fsp3) is 0.682.